The van der Waals surface area contributed by atoms with Crippen molar-refractivity contribution in [2.24, 2.45) is 0 Å². The summed E-state index contributed by atoms with van der Waals surface area (Å²) in [5.74, 6) is 0.143. The summed E-state index contributed by atoms with van der Waals surface area (Å²) >= 11 is 13.4. The van der Waals surface area contributed by atoms with Crippen LogP contribution in [0.3, 0.4) is 0 Å². The van der Waals surface area contributed by atoms with Crippen molar-refractivity contribution in [1.29, 1.82) is 0 Å². The van der Waals surface area contributed by atoms with Crippen LogP contribution in [0.1, 0.15) is 15.2 Å². The maximum atomic E-state index is 13.1. The first-order chi connectivity index (χ1) is 16.1. The molecule has 0 radical (unpaired) electrons. The molecule has 3 aromatic carbocycles. The van der Waals surface area contributed by atoms with E-state index in [0.717, 1.165) is 15.6 Å². The van der Waals surface area contributed by atoms with Gasteiger partial charge in [0.15, 0.2) is 0 Å². The fourth-order valence-corrected chi connectivity index (χ4v) is 6.10. The van der Waals surface area contributed by atoms with Crippen LogP contribution < -0.4 is 14.4 Å². The third kappa shape index (κ3) is 4.72. The van der Waals surface area contributed by atoms with Gasteiger partial charge >= 0.3 is 0 Å². The number of halogens is 2. The molecule has 0 saturated carbocycles. The molecule has 0 atom stereocenters. The average Bonchev–Trinajstić information content (AvgIpc) is 3.24. The molecule has 0 fully saturated rings. The van der Waals surface area contributed by atoms with Crippen molar-refractivity contribution in [3.05, 3.63) is 81.1 Å². The van der Waals surface area contributed by atoms with E-state index in [9.17, 15) is 13.2 Å². The first-order valence-electron chi connectivity index (χ1n) is 10.0. The Kier molecular flexibility index (Phi) is 6.78. The highest BCUT2D eigenvalue weighted by Crippen LogP contribution is 2.33. The topological polar surface area (TPSA) is 75.7 Å². The number of carbonyl (C=O) groups excluding carboxylic acids is 1. The number of amides is 1. The van der Waals surface area contributed by atoms with E-state index in [2.05, 4.69) is 5.32 Å². The molecular weight excluding hydrogens is 515 g/mol. The van der Waals surface area contributed by atoms with E-state index in [1.54, 1.807) is 42.5 Å². The molecular formula is C24H20Cl2N2O4S2. The summed E-state index contributed by atoms with van der Waals surface area (Å²) in [5, 5.41) is 4.46. The van der Waals surface area contributed by atoms with Gasteiger partial charge in [0.25, 0.3) is 15.9 Å². The SMILES string of the molecule is COc1ccc(S(=O)(=O)N(C)c2ccc3sc(C(=O)Nc4ccc(Cl)cc4C)cc3c2)cc1Cl. The summed E-state index contributed by atoms with van der Waals surface area (Å²) in [5.41, 5.74) is 1.99. The van der Waals surface area contributed by atoms with E-state index < -0.39 is 10.0 Å². The number of rotatable bonds is 6. The van der Waals surface area contributed by atoms with Gasteiger partial charge in [-0.05, 0) is 78.5 Å². The summed E-state index contributed by atoms with van der Waals surface area (Å²) in [4.78, 5) is 13.4. The Morgan fingerprint density at radius 2 is 1.79 bits per heavy atom. The van der Waals surface area contributed by atoms with Crippen molar-refractivity contribution in [3.63, 3.8) is 0 Å². The Balaban J connectivity index is 1.61. The fourth-order valence-electron chi connectivity index (χ4n) is 3.39. The zero-order valence-corrected chi connectivity index (χ0v) is 21.6. The van der Waals surface area contributed by atoms with Crippen LogP contribution in [0.4, 0.5) is 11.4 Å². The number of sulfonamides is 1. The van der Waals surface area contributed by atoms with Crippen LogP contribution in [0.15, 0.2) is 65.6 Å². The first kappa shape index (κ1) is 24.3. The minimum Gasteiger partial charge on any atom is -0.495 e. The van der Waals surface area contributed by atoms with Crippen LogP contribution in [0.2, 0.25) is 10.0 Å². The van der Waals surface area contributed by atoms with E-state index in [1.807, 2.05) is 6.92 Å². The molecule has 1 amide bonds. The molecule has 0 aliphatic heterocycles. The first-order valence-corrected chi connectivity index (χ1v) is 13.0. The summed E-state index contributed by atoms with van der Waals surface area (Å²) in [6.07, 6.45) is 0. The van der Waals surface area contributed by atoms with E-state index in [1.165, 1.54) is 48.0 Å². The molecule has 34 heavy (non-hydrogen) atoms. The van der Waals surface area contributed by atoms with E-state index in [4.69, 9.17) is 27.9 Å². The summed E-state index contributed by atoms with van der Waals surface area (Å²) in [7, 11) is -0.929. The van der Waals surface area contributed by atoms with Gasteiger partial charge in [-0.15, -0.1) is 11.3 Å². The molecule has 0 bridgehead atoms. The lowest BCUT2D eigenvalue weighted by Gasteiger charge is -2.20. The van der Waals surface area contributed by atoms with E-state index in [-0.39, 0.29) is 15.8 Å². The zero-order valence-electron chi connectivity index (χ0n) is 18.4. The second kappa shape index (κ2) is 9.46. The molecule has 10 heteroatoms. The maximum absolute atomic E-state index is 13.1. The van der Waals surface area contributed by atoms with Crippen molar-refractivity contribution in [3.8, 4) is 5.75 Å². The monoisotopic (exact) mass is 534 g/mol. The molecule has 0 aliphatic carbocycles. The minimum absolute atomic E-state index is 0.0459. The number of hydrogen-bond donors (Lipinski definition) is 1. The van der Waals surface area contributed by atoms with Crippen molar-refractivity contribution >= 4 is 71.9 Å². The van der Waals surface area contributed by atoms with Crippen molar-refractivity contribution in [2.75, 3.05) is 23.8 Å². The van der Waals surface area contributed by atoms with Gasteiger partial charge < -0.3 is 10.1 Å². The second-order valence-corrected chi connectivity index (χ2v) is 11.4. The number of fused-ring (bicyclic) bond motifs is 1. The highest BCUT2D eigenvalue weighted by atomic mass is 35.5. The number of hydrogen-bond acceptors (Lipinski definition) is 5. The molecule has 4 aromatic rings. The van der Waals surface area contributed by atoms with Crippen LogP contribution in [0.25, 0.3) is 10.1 Å². The number of nitrogens with zero attached hydrogens (tertiary/aromatic N) is 1. The number of carbonyl (C=O) groups is 1. The Morgan fingerprint density at radius 3 is 2.47 bits per heavy atom. The molecule has 1 aromatic heterocycles. The number of nitrogens with one attached hydrogen (secondary N) is 1. The fraction of sp³-hybridized carbons (Fsp3) is 0.125. The third-order valence-electron chi connectivity index (χ3n) is 5.31. The van der Waals surface area contributed by atoms with Gasteiger partial charge in [-0.25, -0.2) is 8.42 Å². The Bertz CT molecular complexity index is 1520. The van der Waals surface area contributed by atoms with Gasteiger partial charge in [-0.2, -0.15) is 0 Å². The number of ether oxygens (including phenoxy) is 1. The van der Waals surface area contributed by atoms with E-state index in [0.29, 0.717) is 27.0 Å². The van der Waals surface area contributed by atoms with Gasteiger partial charge in [-0.3, -0.25) is 9.10 Å². The number of thiophene rings is 1. The molecule has 6 nitrogen and oxygen atoms in total. The molecule has 0 unspecified atom stereocenters. The molecule has 1 heterocycles. The molecule has 0 spiro atoms. The smallest absolute Gasteiger partial charge is 0.265 e. The molecule has 176 valence electrons. The lowest BCUT2D eigenvalue weighted by molar-refractivity contribution is 0.103. The standard InChI is InChI=1S/C24H20Cl2N2O4S2/c1-14-10-16(25)4-7-20(14)27-24(29)23-12-15-11-17(5-9-22(15)33-23)28(2)34(30,31)18-6-8-21(32-3)19(26)13-18/h4-13H,1-3H3,(H,27,29). The highest BCUT2D eigenvalue weighted by Gasteiger charge is 2.23. The van der Waals surface area contributed by atoms with Crippen molar-refractivity contribution in [2.45, 2.75) is 11.8 Å². The third-order valence-corrected chi connectivity index (χ3v) is 8.73. The number of anilines is 2. The normalized spacial score (nSPS) is 11.4. The lowest BCUT2D eigenvalue weighted by atomic mass is 10.2. The molecule has 1 N–H and O–H groups in total. The lowest BCUT2D eigenvalue weighted by Crippen LogP contribution is -2.26. The number of benzene rings is 3. The summed E-state index contributed by atoms with van der Waals surface area (Å²) < 4.78 is 33.4. The largest absolute Gasteiger partial charge is 0.495 e. The second-order valence-electron chi connectivity index (χ2n) is 7.52. The Morgan fingerprint density at radius 1 is 1.03 bits per heavy atom. The van der Waals surface area contributed by atoms with Crippen LogP contribution >= 0.6 is 34.5 Å². The van der Waals surface area contributed by atoms with Gasteiger partial charge in [0.05, 0.1) is 27.6 Å². The van der Waals surface area contributed by atoms with E-state index >= 15 is 0 Å². The predicted octanol–water partition coefficient (Wildman–Crippen LogP) is 6.60. The predicted molar refractivity (Wildman–Crippen MR) is 140 cm³/mol. The van der Waals surface area contributed by atoms with Gasteiger partial charge in [0, 0.05) is 22.5 Å². The van der Waals surface area contributed by atoms with Gasteiger partial charge in [0.2, 0.25) is 0 Å². The number of methoxy groups -OCH3 is 1. The molecule has 0 aliphatic rings. The van der Waals surface area contributed by atoms with Gasteiger partial charge in [0.1, 0.15) is 5.75 Å². The maximum Gasteiger partial charge on any atom is 0.265 e. The highest BCUT2D eigenvalue weighted by molar-refractivity contribution is 7.92. The number of aryl methyl sites for hydroxylation is 1. The quantitative estimate of drug-likeness (QED) is 0.302. The molecule has 4 rings (SSSR count). The van der Waals surface area contributed by atoms with Crippen LogP contribution in [-0.4, -0.2) is 28.5 Å². The average molecular weight is 535 g/mol. The minimum atomic E-state index is -3.86. The van der Waals surface area contributed by atoms with Crippen LogP contribution in [-0.2, 0) is 10.0 Å². The molecule has 0 saturated heterocycles. The van der Waals surface area contributed by atoms with Crippen LogP contribution in [0.5, 0.6) is 5.75 Å². The van der Waals surface area contributed by atoms with Crippen molar-refractivity contribution in [1.82, 2.24) is 0 Å². The summed E-state index contributed by atoms with van der Waals surface area (Å²) in [6.45, 7) is 1.87. The zero-order chi connectivity index (χ0) is 24.6. The van der Waals surface area contributed by atoms with Crippen LogP contribution in [0, 0.1) is 6.92 Å². The Hall–Kier alpha value is -2.78. The summed E-state index contributed by atoms with van der Waals surface area (Å²) in [6, 6.07) is 16.5. The van der Waals surface area contributed by atoms with Crippen molar-refractivity contribution < 1.29 is 17.9 Å². The van der Waals surface area contributed by atoms with Gasteiger partial charge in [-0.1, -0.05) is 23.2 Å². The Labute approximate surface area is 211 Å².